The quantitative estimate of drug-likeness (QED) is 0.0525. The number of halogens is 2. The zero-order valence-corrected chi connectivity index (χ0v) is 44.8. The molecular formula is C63H49Cl2N4O12+. The number of amides is 2. The van der Waals surface area contributed by atoms with Gasteiger partial charge >= 0.3 is 17.9 Å². The van der Waals surface area contributed by atoms with Crippen molar-refractivity contribution in [3.05, 3.63) is 194 Å². The lowest BCUT2D eigenvalue weighted by Crippen LogP contribution is -2.45. The summed E-state index contributed by atoms with van der Waals surface area (Å²) in [4.78, 5) is 81.8. The fourth-order valence-electron chi connectivity index (χ4n) is 12.9. The molecule has 0 radical (unpaired) electrons. The highest BCUT2D eigenvalue weighted by atomic mass is 35.5. The molecule has 0 saturated carbocycles. The van der Waals surface area contributed by atoms with Crippen LogP contribution in [0.25, 0.3) is 39.0 Å². The Hall–Kier alpha value is -8.99. The van der Waals surface area contributed by atoms with E-state index in [4.69, 9.17) is 32.4 Å². The summed E-state index contributed by atoms with van der Waals surface area (Å²) in [6.45, 7) is 3.46. The molecule has 7 aliphatic rings. The zero-order valence-electron chi connectivity index (χ0n) is 43.3. The molecule has 6 heterocycles. The van der Waals surface area contributed by atoms with Gasteiger partial charge in [0.1, 0.15) is 41.7 Å². The zero-order chi connectivity index (χ0) is 56.1. The molecule has 0 aromatic heterocycles. The monoisotopic (exact) mass is 1120 g/mol. The third-order valence-electron chi connectivity index (χ3n) is 16.4. The molecule has 6 aromatic carbocycles. The number of phenols is 1. The minimum absolute atomic E-state index is 0.00313. The van der Waals surface area contributed by atoms with E-state index >= 15 is 0 Å². The number of nitrogens with zero attached hydrogens (tertiary/aromatic N) is 2. The van der Waals surface area contributed by atoms with Crippen LogP contribution < -0.4 is 40.9 Å². The van der Waals surface area contributed by atoms with Crippen molar-refractivity contribution in [1.82, 2.24) is 15.2 Å². The van der Waals surface area contributed by atoms with Crippen LogP contribution in [0.1, 0.15) is 122 Å². The van der Waals surface area contributed by atoms with E-state index in [2.05, 4.69) is 32.2 Å². The average Bonchev–Trinajstić information content (AvgIpc) is 3.61. The highest BCUT2D eigenvalue weighted by molar-refractivity contribution is 6.40. The Kier molecular flexibility index (Phi) is 12.7. The van der Waals surface area contributed by atoms with Gasteiger partial charge < -0.3 is 45.1 Å². The third kappa shape index (κ3) is 8.63. The van der Waals surface area contributed by atoms with Crippen molar-refractivity contribution in [3.63, 3.8) is 0 Å². The maximum atomic E-state index is 14.2. The summed E-state index contributed by atoms with van der Waals surface area (Å²) in [6.07, 6.45) is 7.24. The number of fused-ring (bicyclic) bond motifs is 6. The van der Waals surface area contributed by atoms with Gasteiger partial charge in [-0.25, -0.2) is 19.0 Å². The number of anilines is 1. The molecule has 0 bridgehead atoms. The molecule has 6 aromatic rings. The first-order valence-corrected chi connectivity index (χ1v) is 27.6. The van der Waals surface area contributed by atoms with E-state index in [1.54, 1.807) is 12.1 Å². The summed E-state index contributed by atoms with van der Waals surface area (Å²) in [7, 11) is 0. The van der Waals surface area contributed by atoms with E-state index in [9.17, 15) is 49.2 Å². The van der Waals surface area contributed by atoms with E-state index in [-0.39, 0.29) is 84.7 Å². The Balaban J connectivity index is 0.786. The molecule has 0 fully saturated rings. The number of nitrogens with one attached hydrogen (secondary N) is 2. The Bertz CT molecular complexity index is 4320. The number of benzene rings is 7. The van der Waals surface area contributed by atoms with Gasteiger partial charge in [-0.05, 0) is 122 Å². The number of carboxylic acids is 3. The maximum Gasteiger partial charge on any atom is 0.337 e. The molecule has 406 valence electrons. The van der Waals surface area contributed by atoms with Crippen molar-refractivity contribution < 1.29 is 53.6 Å². The molecule has 13 rings (SSSR count). The molecule has 81 heavy (non-hydrogen) atoms. The number of aryl methyl sites for hydroxylation is 2. The lowest BCUT2D eigenvalue weighted by atomic mass is 9.81. The molecule has 18 heteroatoms. The van der Waals surface area contributed by atoms with Crippen molar-refractivity contribution in [1.29, 1.82) is 0 Å². The van der Waals surface area contributed by atoms with Gasteiger partial charge in [-0.3, -0.25) is 14.4 Å². The second kappa shape index (κ2) is 20.0. The van der Waals surface area contributed by atoms with Crippen molar-refractivity contribution in [2.24, 2.45) is 0 Å². The van der Waals surface area contributed by atoms with Crippen LogP contribution in [-0.2, 0) is 38.8 Å². The molecule has 2 amide bonds. The highest BCUT2D eigenvalue weighted by Crippen LogP contribution is 2.51. The predicted molar refractivity (Wildman–Crippen MR) is 303 cm³/mol. The predicted octanol–water partition coefficient (Wildman–Crippen LogP) is 8.97. The summed E-state index contributed by atoms with van der Waals surface area (Å²) >= 11 is 14.5. The van der Waals surface area contributed by atoms with Crippen LogP contribution in [0.2, 0.25) is 10.0 Å². The second-order valence-corrected chi connectivity index (χ2v) is 21.9. The Labute approximate surface area is 471 Å². The summed E-state index contributed by atoms with van der Waals surface area (Å²) in [6, 6.07) is 22.6. The van der Waals surface area contributed by atoms with Gasteiger partial charge in [-0.1, -0.05) is 41.4 Å². The number of carboxylic acid groups (broad SMARTS) is 3. The molecule has 0 unspecified atom stereocenters. The topological polar surface area (TPSA) is 236 Å². The average molecular weight is 1130 g/mol. The molecule has 1 aliphatic carbocycles. The Morgan fingerprint density at radius 2 is 1.36 bits per heavy atom. The molecule has 0 saturated heterocycles. The van der Waals surface area contributed by atoms with Crippen molar-refractivity contribution in [2.45, 2.75) is 64.5 Å². The minimum Gasteiger partial charge on any atom is -0.508 e. The van der Waals surface area contributed by atoms with E-state index < -0.39 is 35.2 Å². The molecule has 0 spiro atoms. The fourth-order valence-corrected chi connectivity index (χ4v) is 13.5. The normalized spacial score (nSPS) is 14.8. The van der Waals surface area contributed by atoms with Crippen LogP contribution in [0.4, 0.5) is 5.69 Å². The number of hydrogen-bond acceptors (Lipinski definition) is 10. The molecule has 6 aliphatic heterocycles. The number of carbonyl (C=O) groups excluding carboxylic acids is 2. The first kappa shape index (κ1) is 51.4. The largest absolute Gasteiger partial charge is 0.508 e. The fraction of sp³-hybridized carbons (Fsp3) is 0.222. The Morgan fingerprint density at radius 1 is 0.642 bits per heavy atom. The summed E-state index contributed by atoms with van der Waals surface area (Å²) in [5.41, 5.74) is 7.49. The molecule has 6 N–H and O–H groups in total. The number of aromatic hydroxyl groups is 1. The molecule has 0 atom stereocenters. The first-order valence-electron chi connectivity index (χ1n) is 26.8. The number of carbonyl (C=O) groups is 5. The lowest BCUT2D eigenvalue weighted by Gasteiger charge is -2.39. The van der Waals surface area contributed by atoms with Gasteiger partial charge in [0, 0.05) is 99.4 Å². The van der Waals surface area contributed by atoms with E-state index in [1.165, 1.54) is 82.8 Å². The number of rotatable bonds is 11. The minimum atomic E-state index is -1.40. The maximum absolute atomic E-state index is 14.2. The van der Waals surface area contributed by atoms with Gasteiger partial charge in [0.05, 0.1) is 50.0 Å². The van der Waals surface area contributed by atoms with Crippen molar-refractivity contribution in [3.8, 4) is 39.7 Å². The number of ether oxygens (including phenoxy) is 1. The highest BCUT2D eigenvalue weighted by Gasteiger charge is 2.38. The third-order valence-corrected chi connectivity index (χ3v) is 17.1. The van der Waals surface area contributed by atoms with E-state index in [0.29, 0.717) is 39.1 Å². The van der Waals surface area contributed by atoms with Gasteiger partial charge in [-0.15, -0.1) is 0 Å². The van der Waals surface area contributed by atoms with Gasteiger partial charge in [-0.2, -0.15) is 0 Å². The van der Waals surface area contributed by atoms with Gasteiger partial charge in [0.15, 0.2) is 5.43 Å². The van der Waals surface area contributed by atoms with E-state index in [0.717, 1.165) is 106 Å². The van der Waals surface area contributed by atoms with Crippen LogP contribution in [0.5, 0.6) is 17.2 Å². The second-order valence-electron chi connectivity index (χ2n) is 21.1. The van der Waals surface area contributed by atoms with Crippen LogP contribution in [0.15, 0.2) is 100 Å². The summed E-state index contributed by atoms with van der Waals surface area (Å²) in [5.74, 6) is -4.07. The lowest BCUT2D eigenvalue weighted by molar-refractivity contribution is 0.0682. The van der Waals surface area contributed by atoms with E-state index in [1.807, 2.05) is 0 Å². The smallest absolute Gasteiger partial charge is 0.337 e. The van der Waals surface area contributed by atoms with Gasteiger partial charge in [0.2, 0.25) is 5.36 Å². The van der Waals surface area contributed by atoms with Gasteiger partial charge in [0.25, 0.3) is 11.8 Å². The Morgan fingerprint density at radius 3 is 2.12 bits per heavy atom. The number of aromatic carboxylic acids is 3. The van der Waals surface area contributed by atoms with Crippen LogP contribution in [0.3, 0.4) is 0 Å². The number of hydrogen-bond donors (Lipinski definition) is 6. The van der Waals surface area contributed by atoms with Crippen LogP contribution in [-0.4, -0.2) is 76.3 Å². The van der Waals surface area contributed by atoms with Crippen molar-refractivity contribution in [2.75, 3.05) is 31.1 Å². The van der Waals surface area contributed by atoms with Crippen LogP contribution >= 0.6 is 23.2 Å². The first-order chi connectivity index (χ1) is 39.1. The number of phenolic OH excluding ortho intramolecular Hbond substituents is 1. The summed E-state index contributed by atoms with van der Waals surface area (Å²) in [5, 5.41) is 49.1. The SMILES string of the molecule is O=C(O)c1ccc(-c2c3ccc(=O)c(CNC(=O)c4ccc(CNC(=O)c5cc(Cl)c(C6=c7cc8c9c(c7Oc7c6cc6c%10c7CCCN%10CCC6)CCC[N+]=9CCC8)c(C(=O)O)c5Cl)cc4)c-3oc3cc(O)ccc23)c(C(=O)O)c1. The molecular weight excluding hydrogens is 1080 g/mol. The van der Waals surface area contributed by atoms with Crippen LogP contribution in [0, 0.1) is 0 Å². The van der Waals surface area contributed by atoms with Crippen molar-refractivity contribution >= 4 is 75.2 Å². The molecule has 16 nitrogen and oxygen atoms in total. The standard InChI is InChI=1S/C63H48Cl2N4O12/c64-46-27-44(53(65)52(63(78)79)51(46)50-42-23-32-5-1-19-68-21-3-7-39(54(32)68)57(42)81-58-40-8-4-22-69-20-2-6-33(55(40)69)24-43(50)58)60(73)66-28-30-9-11-31(12-10-30)59(72)67-29-45-47(71)18-17-38-49(37-16-14-35(70)26-48(37)80-56(38)45)36-15-13-34(61(74)75)25-41(36)62(76)77/h9-18,23-27H,1-8,19-22,28-29H2,(H5-,66,67,70,71,72,73,74,75,76,77,78,79)/p+1. The summed E-state index contributed by atoms with van der Waals surface area (Å²) < 4.78 is 15.8.